The molecule has 38 heavy (non-hydrogen) atoms. The van der Waals surface area contributed by atoms with E-state index in [0.717, 1.165) is 11.1 Å². The molecule has 3 rings (SSSR count). The maximum atomic E-state index is 13.0. The number of carbonyl (C=O) groups excluding carboxylic acids is 2. The summed E-state index contributed by atoms with van der Waals surface area (Å²) in [5, 5.41) is 5.54. The van der Waals surface area contributed by atoms with E-state index in [0.29, 0.717) is 5.56 Å². The predicted molar refractivity (Wildman–Crippen MR) is 152 cm³/mol. The SMILES string of the molecule is CC(C)C[C@@H](NS(=O)(=O)c1ccc(C(N)=S)cc1)C(=O)NCC(=O)NC(c1ccccc1)c1ccccc1. The smallest absolute Gasteiger partial charge is 0.241 e. The highest BCUT2D eigenvalue weighted by Gasteiger charge is 2.27. The van der Waals surface area contributed by atoms with Crippen LogP contribution in [0.1, 0.15) is 43.0 Å². The normalized spacial score (nSPS) is 12.2. The molecule has 3 aromatic carbocycles. The van der Waals surface area contributed by atoms with Crippen molar-refractivity contribution in [3.8, 4) is 0 Å². The van der Waals surface area contributed by atoms with E-state index in [-0.39, 0.29) is 28.8 Å². The molecule has 5 N–H and O–H groups in total. The minimum Gasteiger partial charge on any atom is -0.389 e. The fraction of sp³-hybridized carbons (Fsp3) is 0.250. The van der Waals surface area contributed by atoms with Gasteiger partial charge in [-0.15, -0.1) is 0 Å². The molecule has 0 bridgehead atoms. The van der Waals surface area contributed by atoms with Gasteiger partial charge in [-0.1, -0.05) is 98.9 Å². The van der Waals surface area contributed by atoms with Gasteiger partial charge >= 0.3 is 0 Å². The lowest BCUT2D eigenvalue weighted by Gasteiger charge is -2.22. The number of benzene rings is 3. The fourth-order valence-corrected chi connectivity index (χ4v) is 5.23. The lowest BCUT2D eigenvalue weighted by Crippen LogP contribution is -2.49. The highest BCUT2D eigenvalue weighted by atomic mass is 32.2. The van der Waals surface area contributed by atoms with Gasteiger partial charge in [-0.25, -0.2) is 8.42 Å². The molecule has 3 aromatic rings. The third kappa shape index (κ3) is 8.20. The van der Waals surface area contributed by atoms with Gasteiger partial charge in [0, 0.05) is 5.56 Å². The largest absolute Gasteiger partial charge is 0.389 e. The first-order valence-corrected chi connectivity index (χ1v) is 14.0. The van der Waals surface area contributed by atoms with E-state index < -0.39 is 33.9 Å². The van der Waals surface area contributed by atoms with E-state index in [1.165, 1.54) is 24.3 Å². The molecule has 0 saturated heterocycles. The van der Waals surface area contributed by atoms with Crippen molar-refractivity contribution in [2.45, 2.75) is 37.2 Å². The summed E-state index contributed by atoms with van der Waals surface area (Å²) in [6, 6.07) is 23.3. The van der Waals surface area contributed by atoms with Crippen LogP contribution in [0.2, 0.25) is 0 Å². The number of thiocarbonyl (C=S) groups is 1. The number of rotatable bonds is 12. The Morgan fingerprint density at radius 1 is 0.868 bits per heavy atom. The lowest BCUT2D eigenvalue weighted by atomic mass is 9.99. The Bertz CT molecular complexity index is 1310. The van der Waals surface area contributed by atoms with E-state index in [2.05, 4.69) is 15.4 Å². The number of hydrogen-bond acceptors (Lipinski definition) is 5. The lowest BCUT2D eigenvalue weighted by molar-refractivity contribution is -0.127. The van der Waals surface area contributed by atoms with Crippen LogP contribution in [-0.4, -0.2) is 37.8 Å². The molecule has 0 heterocycles. The summed E-state index contributed by atoms with van der Waals surface area (Å²) in [6.45, 7) is 3.44. The van der Waals surface area contributed by atoms with Gasteiger partial charge in [-0.2, -0.15) is 4.72 Å². The molecule has 10 heteroatoms. The van der Waals surface area contributed by atoms with Gasteiger partial charge in [-0.3, -0.25) is 9.59 Å². The van der Waals surface area contributed by atoms with Crippen LogP contribution in [0.15, 0.2) is 89.8 Å². The summed E-state index contributed by atoms with van der Waals surface area (Å²) in [4.78, 5) is 26.0. The first kappa shape index (κ1) is 29.0. The van der Waals surface area contributed by atoms with E-state index >= 15 is 0 Å². The molecule has 0 aromatic heterocycles. The maximum absolute atomic E-state index is 13.0. The van der Waals surface area contributed by atoms with Crippen molar-refractivity contribution in [1.82, 2.24) is 15.4 Å². The monoisotopic (exact) mass is 552 g/mol. The summed E-state index contributed by atoms with van der Waals surface area (Å²) in [5.74, 6) is -0.983. The molecule has 2 amide bonds. The van der Waals surface area contributed by atoms with Crippen molar-refractivity contribution in [2.24, 2.45) is 11.7 Å². The number of amides is 2. The molecule has 0 saturated carbocycles. The van der Waals surface area contributed by atoms with Crippen LogP contribution in [0.4, 0.5) is 0 Å². The molecule has 0 fully saturated rings. The van der Waals surface area contributed by atoms with Crippen LogP contribution in [0.3, 0.4) is 0 Å². The third-order valence-electron chi connectivity index (χ3n) is 5.76. The molecule has 0 aliphatic rings. The van der Waals surface area contributed by atoms with Crippen LogP contribution < -0.4 is 21.1 Å². The van der Waals surface area contributed by atoms with Gasteiger partial charge in [-0.05, 0) is 35.6 Å². The second-order valence-electron chi connectivity index (χ2n) is 9.23. The zero-order chi connectivity index (χ0) is 27.7. The van der Waals surface area contributed by atoms with Crippen molar-refractivity contribution < 1.29 is 18.0 Å². The molecule has 1 atom stereocenters. The zero-order valence-corrected chi connectivity index (χ0v) is 22.9. The number of nitrogens with one attached hydrogen (secondary N) is 3. The third-order valence-corrected chi connectivity index (χ3v) is 7.49. The molecule has 0 unspecified atom stereocenters. The maximum Gasteiger partial charge on any atom is 0.241 e. The summed E-state index contributed by atoms with van der Waals surface area (Å²) < 4.78 is 28.4. The van der Waals surface area contributed by atoms with Gasteiger partial charge < -0.3 is 16.4 Å². The molecule has 0 spiro atoms. The van der Waals surface area contributed by atoms with Crippen molar-refractivity contribution in [3.63, 3.8) is 0 Å². The Labute approximate surface area is 229 Å². The second-order valence-corrected chi connectivity index (χ2v) is 11.4. The Balaban J connectivity index is 1.68. The first-order chi connectivity index (χ1) is 18.1. The van der Waals surface area contributed by atoms with Gasteiger partial charge in [0.2, 0.25) is 21.8 Å². The Morgan fingerprint density at radius 3 is 1.87 bits per heavy atom. The second kappa shape index (κ2) is 13.3. The zero-order valence-electron chi connectivity index (χ0n) is 21.3. The van der Waals surface area contributed by atoms with Crippen LogP contribution in [0.25, 0.3) is 0 Å². The van der Waals surface area contributed by atoms with E-state index in [1.54, 1.807) is 0 Å². The summed E-state index contributed by atoms with van der Waals surface area (Å²) in [6.07, 6.45) is 0.244. The van der Waals surface area contributed by atoms with E-state index in [9.17, 15) is 18.0 Å². The number of hydrogen-bond donors (Lipinski definition) is 4. The summed E-state index contributed by atoms with van der Waals surface area (Å²) in [5.41, 5.74) is 7.90. The van der Waals surface area contributed by atoms with Gasteiger partial charge in [0.25, 0.3) is 0 Å². The summed E-state index contributed by atoms with van der Waals surface area (Å²) in [7, 11) is -4.02. The Kier molecular flexibility index (Phi) is 10.1. The minimum absolute atomic E-state index is 0.0137. The molecule has 0 aliphatic heterocycles. The molecule has 200 valence electrons. The number of nitrogens with two attached hydrogens (primary N) is 1. The van der Waals surface area contributed by atoms with Crippen molar-refractivity contribution in [1.29, 1.82) is 0 Å². The van der Waals surface area contributed by atoms with Crippen molar-refractivity contribution in [2.75, 3.05) is 6.54 Å². The topological polar surface area (TPSA) is 130 Å². The predicted octanol–water partition coefficient (Wildman–Crippen LogP) is 3.04. The average Bonchev–Trinajstić information content (AvgIpc) is 2.90. The average molecular weight is 553 g/mol. The molecular weight excluding hydrogens is 520 g/mol. The number of sulfonamides is 1. The van der Waals surface area contributed by atoms with Crippen molar-refractivity contribution >= 4 is 39.0 Å². The number of carbonyl (C=O) groups is 2. The van der Waals surface area contributed by atoms with E-state index in [4.69, 9.17) is 18.0 Å². The van der Waals surface area contributed by atoms with Gasteiger partial charge in [0.1, 0.15) is 11.0 Å². The first-order valence-electron chi connectivity index (χ1n) is 12.2. The van der Waals surface area contributed by atoms with E-state index in [1.807, 2.05) is 74.5 Å². The van der Waals surface area contributed by atoms with Crippen LogP contribution in [-0.2, 0) is 19.6 Å². The quantitative estimate of drug-likeness (QED) is 0.256. The fourth-order valence-electron chi connectivity index (χ4n) is 3.89. The van der Waals surface area contributed by atoms with Gasteiger partial charge in [0.15, 0.2) is 0 Å². The highest BCUT2D eigenvalue weighted by molar-refractivity contribution is 7.89. The van der Waals surface area contributed by atoms with Crippen LogP contribution in [0.5, 0.6) is 0 Å². The van der Waals surface area contributed by atoms with Crippen molar-refractivity contribution in [3.05, 3.63) is 102 Å². The highest BCUT2D eigenvalue weighted by Crippen LogP contribution is 2.21. The Hall–Kier alpha value is -3.60. The molecule has 0 radical (unpaired) electrons. The Morgan fingerprint density at radius 2 is 1.39 bits per heavy atom. The molecule has 8 nitrogen and oxygen atoms in total. The molecular formula is C28H32N4O4S2. The standard InChI is InChI=1S/C28H32N4O4S2/c1-19(2)17-24(32-38(35,36)23-15-13-22(14-16-23)27(29)37)28(34)30-18-25(33)31-26(20-9-5-3-6-10-20)21-11-7-4-8-12-21/h3-16,19,24,26,32H,17-18H2,1-2H3,(H2,29,37)(H,30,34)(H,31,33)/t24-/m1/s1. The minimum atomic E-state index is -4.02. The van der Waals surface area contributed by atoms with Crippen LogP contribution >= 0.6 is 12.2 Å². The molecule has 0 aliphatic carbocycles. The van der Waals surface area contributed by atoms with Gasteiger partial charge in [0.05, 0.1) is 17.5 Å². The summed E-state index contributed by atoms with van der Waals surface area (Å²) >= 11 is 4.91. The van der Waals surface area contributed by atoms with Crippen LogP contribution in [0, 0.1) is 5.92 Å².